The van der Waals surface area contributed by atoms with E-state index in [4.69, 9.17) is 5.11 Å². The van der Waals surface area contributed by atoms with E-state index >= 15 is 17.6 Å². The van der Waals surface area contributed by atoms with Crippen molar-refractivity contribution in [3.05, 3.63) is 176 Å². The van der Waals surface area contributed by atoms with Crippen LogP contribution in [0.4, 0.5) is 55.3 Å². The molecule has 10 atom stereocenters. The first-order valence-electron chi connectivity index (χ1n) is 30.3. The number of rotatable bonds is 10. The lowest BCUT2D eigenvalue weighted by Crippen LogP contribution is -2.65. The number of halogens is 10. The third-order valence-corrected chi connectivity index (χ3v) is 21.6. The zero-order valence-corrected chi connectivity index (χ0v) is 49.7. The Morgan fingerprint density at radius 3 is 1.19 bits per heavy atom. The topological polar surface area (TPSA) is 196 Å². The van der Waals surface area contributed by atoms with E-state index in [0.29, 0.717) is 73.0 Å². The minimum atomic E-state index is -5.93. The van der Waals surface area contributed by atoms with Crippen molar-refractivity contribution in [1.29, 1.82) is 0 Å². The summed E-state index contributed by atoms with van der Waals surface area (Å²) in [6.07, 6.45) is -6.72. The molecule has 2 amide bonds. The highest BCUT2D eigenvalue weighted by atomic mass is 19.4. The van der Waals surface area contributed by atoms with Crippen LogP contribution in [0.25, 0.3) is 0 Å². The third kappa shape index (κ3) is 10.7. The number of alkyl halides is 10. The maximum atomic E-state index is 15.2. The Morgan fingerprint density at radius 2 is 0.846 bits per heavy atom. The van der Waals surface area contributed by atoms with E-state index < -0.39 is 106 Å². The van der Waals surface area contributed by atoms with Gasteiger partial charge in [0, 0.05) is 58.0 Å². The van der Waals surface area contributed by atoms with E-state index in [1.807, 2.05) is 0 Å². The van der Waals surface area contributed by atoms with Crippen LogP contribution < -0.4 is 10.6 Å². The predicted octanol–water partition coefficient (Wildman–Crippen LogP) is 15.0. The standard InChI is InChI=1S/C35H34F5NO5.C34H32F5NO5/c1-32-18-27(19-3-5-20(6-4-19)30(43)41-23-10-7-21(8-11-23)31(44)46-2)29-25-14-12-24(42)17-22(25)9-13-26(29)28(32)15-16-33(32,45)34(36,37)35(38,39)40;1-31-17-26(18-2-4-19(5-3-18)29(42)40-22-9-6-20(7-10-22)30(43)44)28-24-13-11-23(41)16-21(24)8-12-25(28)27(31)14-15-32(31,45)33(35,36)34(37,38)39/h3-8,10-11,17,26-28,45H,9,12-16,18H2,1-2H3,(H,41,43);2-7,9-10,16,25-27,45H,8,11-15,17H2,1H3,(H,40,42)(H,43,44)/t26-,27+,28-,32-,33-;25-,26+,27-,31-,32-/m00/s1. The van der Waals surface area contributed by atoms with Crippen LogP contribution in [0.15, 0.2) is 143 Å². The molecule has 0 unspecified atom stereocenters. The fraction of sp³-hybridized carbons (Fsp3) is 0.449. The highest BCUT2D eigenvalue weighted by Crippen LogP contribution is 2.73. The van der Waals surface area contributed by atoms with E-state index in [-0.39, 0.29) is 72.2 Å². The number of nitrogens with one attached hydrogen (secondary N) is 2. The van der Waals surface area contributed by atoms with Crippen LogP contribution in [0, 0.1) is 34.5 Å². The van der Waals surface area contributed by atoms with Gasteiger partial charge in [0.15, 0.2) is 11.6 Å². The normalized spacial score (nSPS) is 29.6. The Kier molecular flexibility index (Phi) is 16.5. The van der Waals surface area contributed by atoms with E-state index in [9.17, 15) is 65.3 Å². The quantitative estimate of drug-likeness (QED) is 0.0753. The van der Waals surface area contributed by atoms with Gasteiger partial charge in [-0.05, 0) is 219 Å². The SMILES string of the molecule is COC(=O)c1ccc(NC(=O)c2ccc([C@H]3C[C@@]4(C)[C@@H](CC[C@@]4(O)C(F)(F)C(F)(F)F)[C@@H]4CCC5=CC(=O)CCC5=C43)cc2)cc1.C[C@]12C[C@H](c3ccc(C(=O)Nc4ccc(C(=O)O)cc4)cc3)C3=C4CCC(=O)C=C4CC[C@H]3[C@@H]1CC[C@@]2(O)C(F)(F)C(F)(F)F. The number of aromatic carboxylic acids is 1. The smallest absolute Gasteiger partial charge is 0.456 e. The van der Waals surface area contributed by atoms with Crippen molar-refractivity contribution in [1.82, 2.24) is 0 Å². The first kappa shape index (κ1) is 64.8. The predicted molar refractivity (Wildman–Crippen MR) is 312 cm³/mol. The summed E-state index contributed by atoms with van der Waals surface area (Å²) in [5.41, 5.74) is -1.57. The molecule has 0 saturated heterocycles. The molecule has 0 heterocycles. The van der Waals surface area contributed by atoms with Crippen molar-refractivity contribution >= 4 is 46.7 Å². The number of aliphatic hydroxyl groups is 2. The number of hydrogen-bond donors (Lipinski definition) is 5. The fourth-order valence-corrected chi connectivity index (χ4v) is 17.1. The van der Waals surface area contributed by atoms with Crippen LogP contribution in [0.3, 0.4) is 0 Å². The molecule has 12 nitrogen and oxygen atoms in total. The van der Waals surface area contributed by atoms with Gasteiger partial charge in [0.2, 0.25) is 0 Å². The molecule has 0 spiro atoms. The minimum Gasteiger partial charge on any atom is -0.478 e. The molecule has 4 aromatic rings. The molecule has 0 radical (unpaired) electrons. The van der Waals surface area contributed by atoms with Crippen molar-refractivity contribution in [3.8, 4) is 0 Å². The van der Waals surface area contributed by atoms with Crippen molar-refractivity contribution in [2.45, 2.75) is 151 Å². The molecule has 4 fully saturated rings. The molecule has 5 N–H and O–H groups in total. The van der Waals surface area contributed by atoms with Crippen LogP contribution in [0.2, 0.25) is 0 Å². The lowest BCUT2D eigenvalue weighted by atomic mass is 9.50. The van der Waals surface area contributed by atoms with E-state index in [0.717, 1.165) is 33.4 Å². The Balaban J connectivity index is 0.000000187. The first-order chi connectivity index (χ1) is 42.7. The van der Waals surface area contributed by atoms with Crippen LogP contribution in [-0.2, 0) is 14.3 Å². The Morgan fingerprint density at radius 1 is 0.495 bits per heavy atom. The number of benzene rings is 4. The molecular weight excluding hydrogens is 1210 g/mol. The number of methoxy groups -OCH3 is 1. The van der Waals surface area contributed by atoms with Gasteiger partial charge in [0.1, 0.15) is 11.2 Å². The van der Waals surface area contributed by atoms with E-state index in [1.165, 1.54) is 57.4 Å². The zero-order chi connectivity index (χ0) is 65.8. The van der Waals surface area contributed by atoms with Gasteiger partial charge in [0.25, 0.3) is 11.8 Å². The average molecular weight is 1270 g/mol. The lowest BCUT2D eigenvalue weighted by molar-refractivity contribution is -0.362. The number of anilines is 2. The molecule has 12 rings (SSSR count). The largest absolute Gasteiger partial charge is 0.478 e. The zero-order valence-electron chi connectivity index (χ0n) is 49.7. The van der Waals surface area contributed by atoms with Crippen molar-refractivity contribution < 1.29 is 92.7 Å². The number of ether oxygens (including phenoxy) is 1. The van der Waals surface area contributed by atoms with E-state index in [1.54, 1.807) is 72.8 Å². The van der Waals surface area contributed by atoms with Gasteiger partial charge in [-0.1, -0.05) is 49.3 Å². The molecule has 0 bridgehead atoms. The van der Waals surface area contributed by atoms with Gasteiger partial charge in [-0.15, -0.1) is 0 Å². The highest BCUT2D eigenvalue weighted by molar-refractivity contribution is 6.05. The fourth-order valence-electron chi connectivity index (χ4n) is 17.1. The summed E-state index contributed by atoms with van der Waals surface area (Å²) in [5.74, 6) is -16.3. The molecule has 22 heteroatoms. The second-order valence-corrected chi connectivity index (χ2v) is 26.0. The average Bonchev–Trinajstić information content (AvgIpc) is 1.61. The summed E-state index contributed by atoms with van der Waals surface area (Å²) in [6.45, 7) is 2.74. The number of carbonyl (C=O) groups excluding carboxylic acids is 5. The molecule has 4 saturated carbocycles. The number of hydrogen-bond acceptors (Lipinski definition) is 9. The number of carboxylic acids is 1. The van der Waals surface area contributed by atoms with Gasteiger partial charge in [-0.2, -0.15) is 43.9 Å². The maximum Gasteiger partial charge on any atom is 0.456 e. The molecule has 0 aliphatic heterocycles. The van der Waals surface area contributed by atoms with Crippen LogP contribution in [0.5, 0.6) is 0 Å². The number of carbonyl (C=O) groups is 6. The van der Waals surface area contributed by atoms with Crippen molar-refractivity contribution in [2.75, 3.05) is 17.7 Å². The van der Waals surface area contributed by atoms with Gasteiger partial charge < -0.3 is 30.7 Å². The van der Waals surface area contributed by atoms with Crippen molar-refractivity contribution in [2.24, 2.45) is 34.5 Å². The molecular formula is C69H66F10N2O10. The molecule has 91 heavy (non-hydrogen) atoms. The lowest BCUT2D eigenvalue weighted by Gasteiger charge is -2.56. The molecule has 4 aromatic carbocycles. The summed E-state index contributed by atoms with van der Waals surface area (Å²) < 4.78 is 148. The summed E-state index contributed by atoms with van der Waals surface area (Å²) in [7, 11) is 1.26. The number of allylic oxidation sites excluding steroid dienone is 8. The number of amides is 2. The first-order valence-corrected chi connectivity index (χ1v) is 30.3. The Labute approximate surface area is 516 Å². The van der Waals surface area contributed by atoms with Crippen molar-refractivity contribution in [3.63, 3.8) is 0 Å². The van der Waals surface area contributed by atoms with Crippen LogP contribution in [-0.4, -0.2) is 93.1 Å². The maximum absolute atomic E-state index is 15.2. The van der Waals surface area contributed by atoms with Gasteiger partial charge >= 0.3 is 36.1 Å². The van der Waals surface area contributed by atoms with Gasteiger partial charge in [0.05, 0.1) is 18.2 Å². The highest BCUT2D eigenvalue weighted by Gasteiger charge is 2.80. The summed E-state index contributed by atoms with van der Waals surface area (Å²) in [4.78, 5) is 73.3. The van der Waals surface area contributed by atoms with Crippen LogP contribution >= 0.6 is 0 Å². The summed E-state index contributed by atoms with van der Waals surface area (Å²) in [5, 5.41) is 37.3. The number of carboxylic acid groups (broad SMARTS) is 1. The van der Waals surface area contributed by atoms with E-state index in [2.05, 4.69) is 15.4 Å². The molecule has 0 aromatic heterocycles. The number of fused-ring (bicyclic) bond motifs is 8. The summed E-state index contributed by atoms with van der Waals surface area (Å²) in [6, 6.07) is 24.6. The third-order valence-electron chi connectivity index (χ3n) is 21.6. The number of esters is 1. The Hall–Kier alpha value is -7.72. The van der Waals surface area contributed by atoms with Gasteiger partial charge in [-0.3, -0.25) is 19.2 Å². The molecule has 8 aliphatic rings. The number of ketones is 2. The van der Waals surface area contributed by atoms with Crippen LogP contribution in [0.1, 0.15) is 168 Å². The summed E-state index contributed by atoms with van der Waals surface area (Å²) >= 11 is 0. The molecule has 8 aliphatic carbocycles. The monoisotopic (exact) mass is 1270 g/mol. The van der Waals surface area contributed by atoms with Gasteiger partial charge in [-0.25, -0.2) is 9.59 Å². The minimum absolute atomic E-state index is 0.00183. The Bertz CT molecular complexity index is 3760. The second kappa shape index (κ2) is 23.1. The second-order valence-electron chi connectivity index (χ2n) is 26.0. The molecule has 482 valence electrons.